The number of aromatic nitrogens is 3. The van der Waals surface area contributed by atoms with Crippen molar-refractivity contribution >= 4 is 28.7 Å². The van der Waals surface area contributed by atoms with E-state index in [-0.39, 0.29) is 12.5 Å². The number of nitrogens with one attached hydrogen (secondary N) is 1. The van der Waals surface area contributed by atoms with E-state index in [9.17, 15) is 4.79 Å². The summed E-state index contributed by atoms with van der Waals surface area (Å²) in [5, 5.41) is 12.8. The highest BCUT2D eigenvalue weighted by atomic mass is 32.1. The fraction of sp³-hybridized carbons (Fsp3) is 0.333. The molecule has 0 aliphatic carbocycles. The quantitative estimate of drug-likeness (QED) is 0.520. The maximum absolute atomic E-state index is 12.6. The summed E-state index contributed by atoms with van der Waals surface area (Å²) in [6.45, 7) is 6.29. The SMILES string of the molecule is C#Cc1cccc(NC(=O)c2cnc(Cc3cc(N4CCN(CCO)CC4)nc(C)n3)s2)c1. The number of benzene rings is 1. The van der Waals surface area contributed by atoms with Crippen LogP contribution in [-0.4, -0.2) is 70.2 Å². The number of thiazole rings is 1. The van der Waals surface area contributed by atoms with Crippen LogP contribution in [0.15, 0.2) is 36.5 Å². The first-order valence-corrected chi connectivity index (χ1v) is 11.6. The molecule has 3 heterocycles. The van der Waals surface area contributed by atoms with Gasteiger partial charge in [0.05, 0.1) is 23.5 Å². The topological polar surface area (TPSA) is 94.5 Å². The van der Waals surface area contributed by atoms with Gasteiger partial charge in [0.25, 0.3) is 5.91 Å². The number of aryl methyl sites for hydroxylation is 1. The van der Waals surface area contributed by atoms with Crippen LogP contribution in [0.1, 0.15) is 31.8 Å². The van der Waals surface area contributed by atoms with Crippen LogP contribution in [0.4, 0.5) is 11.5 Å². The fourth-order valence-corrected chi connectivity index (χ4v) is 4.57. The van der Waals surface area contributed by atoms with Gasteiger partial charge in [0.15, 0.2) is 0 Å². The van der Waals surface area contributed by atoms with Crippen molar-refractivity contribution in [1.29, 1.82) is 0 Å². The molecule has 4 rings (SSSR count). The van der Waals surface area contributed by atoms with Crippen LogP contribution < -0.4 is 10.2 Å². The molecule has 3 aromatic rings. The number of β-amino-alcohol motifs (C(OH)–C–C–N with tert-alkyl or cyclic N) is 1. The van der Waals surface area contributed by atoms with Crippen LogP contribution in [0, 0.1) is 19.3 Å². The largest absolute Gasteiger partial charge is 0.395 e. The van der Waals surface area contributed by atoms with Gasteiger partial charge in [-0.1, -0.05) is 12.0 Å². The number of terminal acetylenes is 1. The summed E-state index contributed by atoms with van der Waals surface area (Å²) in [5.41, 5.74) is 2.24. The van der Waals surface area contributed by atoms with Crippen LogP contribution in [-0.2, 0) is 6.42 Å². The lowest BCUT2D eigenvalue weighted by atomic mass is 10.2. The van der Waals surface area contributed by atoms with E-state index in [4.69, 9.17) is 11.5 Å². The van der Waals surface area contributed by atoms with Gasteiger partial charge in [0, 0.05) is 56.5 Å². The molecule has 1 aliphatic heterocycles. The molecule has 170 valence electrons. The summed E-state index contributed by atoms with van der Waals surface area (Å²) < 4.78 is 0. The summed E-state index contributed by atoms with van der Waals surface area (Å²) in [4.78, 5) is 31.3. The molecule has 0 bridgehead atoms. The molecule has 1 amide bonds. The van der Waals surface area contributed by atoms with Crippen molar-refractivity contribution in [2.45, 2.75) is 13.3 Å². The lowest BCUT2D eigenvalue weighted by Crippen LogP contribution is -2.47. The van der Waals surface area contributed by atoms with Crippen molar-refractivity contribution < 1.29 is 9.90 Å². The van der Waals surface area contributed by atoms with E-state index in [0.717, 1.165) is 42.7 Å². The molecule has 2 N–H and O–H groups in total. The summed E-state index contributed by atoms with van der Waals surface area (Å²) in [6, 6.07) is 9.18. The highest BCUT2D eigenvalue weighted by molar-refractivity contribution is 7.13. The second kappa shape index (κ2) is 10.5. The second-order valence-electron chi connectivity index (χ2n) is 7.79. The summed E-state index contributed by atoms with van der Waals surface area (Å²) in [6.07, 6.45) is 7.56. The second-order valence-corrected chi connectivity index (χ2v) is 8.91. The number of hydrogen-bond donors (Lipinski definition) is 2. The molecular formula is C24H26N6O2S. The van der Waals surface area contributed by atoms with Crippen molar-refractivity contribution in [2.75, 3.05) is 49.5 Å². The Labute approximate surface area is 197 Å². The monoisotopic (exact) mass is 462 g/mol. The number of aliphatic hydroxyl groups excluding tert-OH is 1. The number of carbonyl (C=O) groups is 1. The highest BCUT2D eigenvalue weighted by Gasteiger charge is 2.19. The minimum absolute atomic E-state index is 0.182. The first kappa shape index (κ1) is 22.9. The molecule has 0 radical (unpaired) electrons. The Kier molecular flexibility index (Phi) is 7.29. The Bertz CT molecular complexity index is 1160. The highest BCUT2D eigenvalue weighted by Crippen LogP contribution is 2.21. The molecule has 33 heavy (non-hydrogen) atoms. The molecule has 2 aromatic heterocycles. The van der Waals surface area contributed by atoms with Crippen LogP contribution in [0.5, 0.6) is 0 Å². The van der Waals surface area contributed by atoms with E-state index in [2.05, 4.69) is 36.0 Å². The number of rotatable bonds is 7. The van der Waals surface area contributed by atoms with E-state index in [1.165, 1.54) is 11.3 Å². The van der Waals surface area contributed by atoms with E-state index in [0.29, 0.717) is 34.9 Å². The van der Waals surface area contributed by atoms with Crippen molar-refractivity contribution in [3.8, 4) is 12.3 Å². The first-order valence-electron chi connectivity index (χ1n) is 10.8. The van der Waals surface area contributed by atoms with Gasteiger partial charge in [0.2, 0.25) is 0 Å². The standard InChI is InChI=1S/C24H26N6O2S/c1-3-18-5-4-6-19(13-18)28-24(32)21-16-25-23(33-21)15-20-14-22(27-17(2)26-20)30-9-7-29(8-10-30)11-12-31/h1,4-6,13-14,16,31H,7-12,15H2,2H3,(H,28,32). The molecule has 0 unspecified atom stereocenters. The van der Waals surface area contributed by atoms with Gasteiger partial charge in [-0.25, -0.2) is 15.0 Å². The van der Waals surface area contributed by atoms with Gasteiger partial charge in [-0.2, -0.15) is 0 Å². The molecule has 0 spiro atoms. The van der Waals surface area contributed by atoms with Gasteiger partial charge < -0.3 is 15.3 Å². The van der Waals surface area contributed by atoms with Crippen LogP contribution in [0.2, 0.25) is 0 Å². The molecular weight excluding hydrogens is 436 g/mol. The molecule has 1 aliphatic rings. The number of amides is 1. The van der Waals surface area contributed by atoms with Crippen molar-refractivity contribution in [1.82, 2.24) is 19.9 Å². The Hall–Kier alpha value is -3.32. The van der Waals surface area contributed by atoms with E-state index >= 15 is 0 Å². The number of piperazine rings is 1. The zero-order valence-electron chi connectivity index (χ0n) is 18.5. The van der Waals surface area contributed by atoms with Crippen molar-refractivity contribution in [3.63, 3.8) is 0 Å². The Morgan fingerprint density at radius 1 is 1.24 bits per heavy atom. The van der Waals surface area contributed by atoms with Crippen LogP contribution in [0.3, 0.4) is 0 Å². The number of anilines is 2. The minimum Gasteiger partial charge on any atom is -0.395 e. The number of carbonyl (C=O) groups excluding carboxylic acids is 1. The lowest BCUT2D eigenvalue weighted by molar-refractivity contribution is 0.103. The third kappa shape index (κ3) is 5.93. The van der Waals surface area contributed by atoms with Crippen LogP contribution >= 0.6 is 11.3 Å². The van der Waals surface area contributed by atoms with Gasteiger partial charge in [0.1, 0.15) is 16.5 Å². The Balaban J connectivity index is 1.41. The van der Waals surface area contributed by atoms with E-state index < -0.39 is 0 Å². The molecule has 1 fully saturated rings. The van der Waals surface area contributed by atoms with Crippen LogP contribution in [0.25, 0.3) is 0 Å². The maximum Gasteiger partial charge on any atom is 0.267 e. The third-order valence-corrected chi connectivity index (χ3v) is 6.38. The first-order chi connectivity index (χ1) is 16.0. The average molecular weight is 463 g/mol. The third-order valence-electron chi connectivity index (χ3n) is 5.39. The molecule has 0 saturated carbocycles. The normalized spacial score (nSPS) is 14.2. The van der Waals surface area contributed by atoms with E-state index in [1.807, 2.05) is 25.1 Å². The molecule has 9 heteroatoms. The number of hydrogen-bond acceptors (Lipinski definition) is 8. The molecule has 8 nitrogen and oxygen atoms in total. The number of aliphatic hydroxyl groups is 1. The van der Waals surface area contributed by atoms with E-state index in [1.54, 1.807) is 18.3 Å². The average Bonchev–Trinajstić information content (AvgIpc) is 3.28. The van der Waals surface area contributed by atoms with Gasteiger partial charge in [-0.3, -0.25) is 9.69 Å². The summed E-state index contributed by atoms with van der Waals surface area (Å²) >= 11 is 1.35. The smallest absolute Gasteiger partial charge is 0.267 e. The zero-order chi connectivity index (χ0) is 23.2. The lowest BCUT2D eigenvalue weighted by Gasteiger charge is -2.35. The Morgan fingerprint density at radius 3 is 2.82 bits per heavy atom. The predicted molar refractivity (Wildman–Crippen MR) is 130 cm³/mol. The summed E-state index contributed by atoms with van der Waals surface area (Å²) in [7, 11) is 0. The Morgan fingerprint density at radius 2 is 2.06 bits per heavy atom. The minimum atomic E-state index is -0.215. The fourth-order valence-electron chi connectivity index (χ4n) is 3.74. The molecule has 1 saturated heterocycles. The summed E-state index contributed by atoms with van der Waals surface area (Å²) in [5.74, 6) is 3.97. The molecule has 1 aromatic carbocycles. The maximum atomic E-state index is 12.6. The van der Waals surface area contributed by atoms with Gasteiger partial charge in [-0.05, 0) is 25.1 Å². The molecule has 0 atom stereocenters. The van der Waals surface area contributed by atoms with Crippen molar-refractivity contribution in [3.05, 3.63) is 63.5 Å². The zero-order valence-corrected chi connectivity index (χ0v) is 19.3. The predicted octanol–water partition coefficient (Wildman–Crippen LogP) is 2.18. The van der Waals surface area contributed by atoms with Gasteiger partial charge in [-0.15, -0.1) is 17.8 Å². The number of nitrogens with zero attached hydrogens (tertiary/aromatic N) is 5. The van der Waals surface area contributed by atoms with Crippen molar-refractivity contribution in [2.24, 2.45) is 0 Å². The van der Waals surface area contributed by atoms with Gasteiger partial charge >= 0.3 is 0 Å².